The lowest BCUT2D eigenvalue weighted by molar-refractivity contribution is 0.310. The lowest BCUT2D eigenvalue weighted by Crippen LogP contribution is -2.33. The molecule has 3 heterocycles. The summed E-state index contributed by atoms with van der Waals surface area (Å²) >= 11 is 5.28. The average Bonchev–Trinajstić information content (AvgIpc) is 3.19. The fourth-order valence-electron chi connectivity index (χ4n) is 4.64. The van der Waals surface area contributed by atoms with Crippen LogP contribution in [-0.4, -0.2) is 10.2 Å². The van der Waals surface area contributed by atoms with Crippen LogP contribution >= 0.6 is 34.4 Å². The molecule has 20 heavy (non-hydrogen) atoms. The van der Waals surface area contributed by atoms with Crippen molar-refractivity contribution in [3.05, 3.63) is 36.9 Å². The van der Waals surface area contributed by atoms with E-state index in [0.717, 1.165) is 23.0 Å². The maximum absolute atomic E-state index is 11.8. The number of thioether (sulfide) groups is 1. The monoisotopic (exact) mass is 321 g/mol. The first kappa shape index (κ1) is 12.1. The van der Waals surface area contributed by atoms with E-state index in [0.29, 0.717) is 5.92 Å². The van der Waals surface area contributed by atoms with E-state index in [1.807, 2.05) is 23.1 Å². The van der Waals surface area contributed by atoms with Crippen LogP contribution in [-0.2, 0) is 0 Å². The predicted molar refractivity (Wildman–Crippen MR) is 85.1 cm³/mol. The molecule has 2 aromatic rings. The third kappa shape index (κ3) is 1.54. The zero-order valence-corrected chi connectivity index (χ0v) is 13.3. The summed E-state index contributed by atoms with van der Waals surface area (Å²) < 4.78 is 0. The number of thiophene rings is 1. The SMILES string of the molecule is O=c1[nH]c2c(s1)[C@H](c1cccs1)[C@H]1[C@@H]3CC[C@H](C3)[C@@H]1S2. The largest absolute Gasteiger partial charge is 0.307 e. The fourth-order valence-corrected chi connectivity index (χ4v) is 8.49. The number of hydrogen-bond acceptors (Lipinski definition) is 4. The third-order valence-corrected chi connectivity index (χ3v) is 8.89. The van der Waals surface area contributed by atoms with Gasteiger partial charge in [-0.25, -0.2) is 0 Å². The van der Waals surface area contributed by atoms with Crippen LogP contribution in [0.4, 0.5) is 0 Å². The first-order valence-electron chi connectivity index (χ1n) is 7.24. The van der Waals surface area contributed by atoms with Crippen LogP contribution in [0.3, 0.4) is 0 Å². The Labute approximate surface area is 129 Å². The van der Waals surface area contributed by atoms with Crippen LogP contribution in [0, 0.1) is 17.8 Å². The Bertz CT molecular complexity index is 701. The van der Waals surface area contributed by atoms with E-state index in [4.69, 9.17) is 0 Å². The zero-order valence-electron chi connectivity index (χ0n) is 10.9. The molecule has 5 heteroatoms. The molecule has 2 aliphatic carbocycles. The van der Waals surface area contributed by atoms with Crippen LogP contribution < -0.4 is 4.87 Å². The molecule has 0 unspecified atom stereocenters. The molecule has 0 saturated heterocycles. The normalized spacial score (nSPS) is 37.9. The van der Waals surface area contributed by atoms with E-state index in [1.165, 1.54) is 45.4 Å². The molecule has 2 bridgehead atoms. The number of rotatable bonds is 1. The molecule has 2 saturated carbocycles. The highest BCUT2D eigenvalue weighted by atomic mass is 32.2. The molecule has 104 valence electrons. The first-order chi connectivity index (χ1) is 9.81. The number of nitrogens with one attached hydrogen (secondary N) is 1. The van der Waals surface area contributed by atoms with Crippen molar-refractivity contribution in [2.75, 3.05) is 0 Å². The molecule has 0 radical (unpaired) electrons. The third-order valence-electron chi connectivity index (χ3n) is 5.32. The highest BCUT2D eigenvalue weighted by Crippen LogP contribution is 2.63. The number of aromatic amines is 1. The van der Waals surface area contributed by atoms with Crippen molar-refractivity contribution in [1.29, 1.82) is 0 Å². The molecule has 1 N–H and O–H groups in total. The quantitative estimate of drug-likeness (QED) is 0.856. The number of H-pyrrole nitrogens is 1. The molecule has 2 fully saturated rings. The molecular formula is C15H15NOS3. The summed E-state index contributed by atoms with van der Waals surface area (Å²) in [6.07, 6.45) is 4.23. The van der Waals surface area contributed by atoms with Gasteiger partial charge in [-0.1, -0.05) is 17.4 Å². The number of thiazole rings is 1. The molecule has 2 aromatic heterocycles. The number of fused-ring (bicyclic) bond motifs is 6. The fraction of sp³-hybridized carbons (Fsp3) is 0.533. The van der Waals surface area contributed by atoms with Crippen molar-refractivity contribution in [2.24, 2.45) is 17.8 Å². The smallest absolute Gasteiger partial charge is 0.305 e. The molecule has 0 spiro atoms. The van der Waals surface area contributed by atoms with Gasteiger partial charge in [0.05, 0.1) is 5.03 Å². The molecule has 3 aliphatic rings. The highest BCUT2D eigenvalue weighted by Gasteiger charge is 2.54. The first-order valence-corrected chi connectivity index (χ1v) is 9.82. The van der Waals surface area contributed by atoms with Crippen LogP contribution in [0.2, 0.25) is 0 Å². The maximum Gasteiger partial charge on any atom is 0.305 e. The minimum absolute atomic E-state index is 0.122. The van der Waals surface area contributed by atoms with E-state index in [1.54, 1.807) is 0 Å². The van der Waals surface area contributed by atoms with Crippen LogP contribution in [0.15, 0.2) is 27.3 Å². The number of hydrogen-bond donors (Lipinski definition) is 1. The summed E-state index contributed by atoms with van der Waals surface area (Å²) in [6.45, 7) is 0. The molecule has 5 rings (SSSR count). The second-order valence-corrected chi connectivity index (χ2v) is 9.38. The molecule has 0 amide bonds. The Hall–Kier alpha value is -0.520. The lowest BCUT2D eigenvalue weighted by Gasteiger charge is -2.39. The Kier molecular flexibility index (Phi) is 2.56. The standard InChI is InChI=1S/C15H15NOS3/c17-15-16-14-13(20-15)11(9-2-1-5-18-9)10-7-3-4-8(6-7)12(10)19-14/h1-2,5,7-8,10-12H,3-4,6H2,(H,16,17)/t7-,8-,10-,11-,12+/m1/s1. The van der Waals surface area contributed by atoms with Gasteiger partial charge < -0.3 is 4.98 Å². The van der Waals surface area contributed by atoms with Gasteiger partial charge in [-0.15, -0.1) is 23.1 Å². The maximum atomic E-state index is 11.8. The predicted octanol–water partition coefficient (Wildman–Crippen LogP) is 4.15. The van der Waals surface area contributed by atoms with Crippen molar-refractivity contribution in [3.8, 4) is 0 Å². The number of aromatic nitrogens is 1. The second kappa shape index (κ2) is 4.24. The van der Waals surface area contributed by atoms with Gasteiger partial charge >= 0.3 is 4.87 Å². The van der Waals surface area contributed by atoms with Gasteiger partial charge in [0.25, 0.3) is 0 Å². The Balaban J connectivity index is 1.71. The van der Waals surface area contributed by atoms with Crippen LogP contribution in [0.25, 0.3) is 0 Å². The summed E-state index contributed by atoms with van der Waals surface area (Å²) in [6, 6.07) is 4.42. The summed E-state index contributed by atoms with van der Waals surface area (Å²) in [5.74, 6) is 3.01. The van der Waals surface area contributed by atoms with E-state index in [9.17, 15) is 4.79 Å². The van der Waals surface area contributed by atoms with Crippen molar-refractivity contribution in [1.82, 2.24) is 4.98 Å². The van der Waals surface area contributed by atoms with Gasteiger partial charge in [0.15, 0.2) is 0 Å². The van der Waals surface area contributed by atoms with Crippen LogP contribution in [0.1, 0.15) is 34.9 Å². The van der Waals surface area contributed by atoms with Crippen molar-refractivity contribution < 1.29 is 0 Å². The van der Waals surface area contributed by atoms with Crippen LogP contribution in [0.5, 0.6) is 0 Å². The molecule has 0 aromatic carbocycles. The molecule has 2 nitrogen and oxygen atoms in total. The Morgan fingerprint density at radius 2 is 2.15 bits per heavy atom. The lowest BCUT2D eigenvalue weighted by atomic mass is 9.77. The van der Waals surface area contributed by atoms with Crippen molar-refractivity contribution in [3.63, 3.8) is 0 Å². The second-order valence-electron chi connectivity index (χ2n) is 6.19. The molecule has 5 atom stereocenters. The van der Waals surface area contributed by atoms with Gasteiger partial charge in [0.2, 0.25) is 0 Å². The van der Waals surface area contributed by atoms with Gasteiger partial charge in [-0.3, -0.25) is 4.79 Å². The average molecular weight is 321 g/mol. The van der Waals surface area contributed by atoms with Gasteiger partial charge in [-0.2, -0.15) is 0 Å². The minimum atomic E-state index is 0.122. The van der Waals surface area contributed by atoms with Gasteiger partial charge in [-0.05, 0) is 48.5 Å². The van der Waals surface area contributed by atoms with Crippen molar-refractivity contribution in [2.45, 2.75) is 35.5 Å². The topological polar surface area (TPSA) is 32.9 Å². The van der Waals surface area contributed by atoms with Crippen molar-refractivity contribution >= 4 is 34.4 Å². The van der Waals surface area contributed by atoms with E-state index < -0.39 is 0 Å². The summed E-state index contributed by atoms with van der Waals surface area (Å²) in [5.41, 5.74) is 0. The van der Waals surface area contributed by atoms with E-state index in [-0.39, 0.29) is 4.87 Å². The highest BCUT2D eigenvalue weighted by molar-refractivity contribution is 8.00. The summed E-state index contributed by atoms with van der Waals surface area (Å²) in [7, 11) is 0. The van der Waals surface area contributed by atoms with Gasteiger partial charge in [0.1, 0.15) is 0 Å². The van der Waals surface area contributed by atoms with E-state index in [2.05, 4.69) is 22.5 Å². The minimum Gasteiger partial charge on any atom is -0.307 e. The Morgan fingerprint density at radius 1 is 1.25 bits per heavy atom. The molecule has 1 aliphatic heterocycles. The van der Waals surface area contributed by atoms with E-state index >= 15 is 0 Å². The summed E-state index contributed by atoms with van der Waals surface area (Å²) in [4.78, 5) is 17.8. The zero-order chi connectivity index (χ0) is 13.3. The van der Waals surface area contributed by atoms with Gasteiger partial charge in [0, 0.05) is 20.9 Å². The summed E-state index contributed by atoms with van der Waals surface area (Å²) in [5, 5.41) is 4.08. The Morgan fingerprint density at radius 3 is 3.00 bits per heavy atom. The molecular weight excluding hydrogens is 306 g/mol.